The fourth-order valence-corrected chi connectivity index (χ4v) is 2.31. The minimum atomic E-state index is -0.276. The summed E-state index contributed by atoms with van der Waals surface area (Å²) in [4.78, 5) is 23.3. The smallest absolute Gasteiger partial charge is 0.273 e. The number of anilines is 1. The van der Waals surface area contributed by atoms with Crippen LogP contribution in [0.1, 0.15) is 20.8 Å². The zero-order valence-electron chi connectivity index (χ0n) is 17.0. The van der Waals surface area contributed by atoms with Gasteiger partial charge in [0.15, 0.2) is 5.69 Å². The molecule has 164 valence electrons. The van der Waals surface area contributed by atoms with Crippen LogP contribution in [0.2, 0.25) is 0 Å². The maximum Gasteiger partial charge on any atom is 0.273 e. The summed E-state index contributed by atoms with van der Waals surface area (Å²) in [5.74, 6) is -0.440. The van der Waals surface area contributed by atoms with Crippen LogP contribution in [0.25, 0.3) is 0 Å². The summed E-state index contributed by atoms with van der Waals surface area (Å²) in [5, 5.41) is 12.9. The van der Waals surface area contributed by atoms with Crippen LogP contribution in [0, 0.1) is 0 Å². The summed E-state index contributed by atoms with van der Waals surface area (Å²) in [7, 11) is 1.54. The quantitative estimate of drug-likeness (QED) is 0.279. The predicted molar refractivity (Wildman–Crippen MR) is 109 cm³/mol. The first-order valence-electron chi connectivity index (χ1n) is 9.59. The average Bonchev–Trinajstić information content (AvgIpc) is 3.23. The Morgan fingerprint density at radius 1 is 0.967 bits per heavy atom. The normalized spacial score (nSPS) is 10.7. The van der Waals surface area contributed by atoms with E-state index in [-0.39, 0.29) is 17.5 Å². The van der Waals surface area contributed by atoms with Gasteiger partial charge in [-0.1, -0.05) is 5.21 Å². The van der Waals surface area contributed by atoms with E-state index in [1.807, 2.05) is 0 Å². The highest BCUT2D eigenvalue weighted by Crippen LogP contribution is 2.04. The van der Waals surface area contributed by atoms with Crippen molar-refractivity contribution in [3.8, 4) is 0 Å². The maximum atomic E-state index is 11.9. The Balaban J connectivity index is 1.39. The summed E-state index contributed by atoms with van der Waals surface area (Å²) in [6, 6.07) is 6.72. The number of rotatable bonds is 14. The number of nitrogens with one attached hydrogen (secondary N) is 2. The molecule has 4 N–H and O–H groups in total. The van der Waals surface area contributed by atoms with Crippen molar-refractivity contribution in [2.45, 2.75) is 6.54 Å². The Kier molecular flexibility index (Phi) is 10.3. The third-order valence-electron chi connectivity index (χ3n) is 3.91. The second kappa shape index (κ2) is 13.2. The Hall–Kier alpha value is -3.02. The van der Waals surface area contributed by atoms with Gasteiger partial charge >= 0.3 is 0 Å². The molecule has 0 unspecified atom stereocenters. The monoisotopic (exact) mass is 420 g/mol. The fourth-order valence-electron chi connectivity index (χ4n) is 2.31. The van der Waals surface area contributed by atoms with Crippen LogP contribution < -0.4 is 16.4 Å². The van der Waals surface area contributed by atoms with Crippen molar-refractivity contribution in [1.82, 2.24) is 25.6 Å². The molecule has 2 rings (SSSR count). The molecule has 1 heterocycles. The molecule has 0 spiro atoms. The number of amides is 2. The lowest BCUT2D eigenvalue weighted by Gasteiger charge is -2.08. The van der Waals surface area contributed by atoms with E-state index in [4.69, 9.17) is 19.9 Å². The number of hydrogen-bond donors (Lipinski definition) is 3. The SMILES string of the molecule is CNC(=O)c1cn(CCOCCOCCOCCNC(=O)c2ccc(N)cc2)nn1. The molecule has 1 aromatic heterocycles. The van der Waals surface area contributed by atoms with Crippen LogP contribution in [0.5, 0.6) is 0 Å². The van der Waals surface area contributed by atoms with Crippen molar-refractivity contribution in [3.05, 3.63) is 41.7 Å². The zero-order chi connectivity index (χ0) is 21.6. The van der Waals surface area contributed by atoms with E-state index in [2.05, 4.69) is 20.9 Å². The average molecular weight is 420 g/mol. The molecule has 2 aromatic rings. The van der Waals surface area contributed by atoms with E-state index in [9.17, 15) is 9.59 Å². The van der Waals surface area contributed by atoms with Crippen molar-refractivity contribution in [3.63, 3.8) is 0 Å². The van der Waals surface area contributed by atoms with Crippen molar-refractivity contribution >= 4 is 17.5 Å². The van der Waals surface area contributed by atoms with Crippen LogP contribution in [0.15, 0.2) is 30.5 Å². The van der Waals surface area contributed by atoms with Crippen molar-refractivity contribution in [1.29, 1.82) is 0 Å². The van der Waals surface area contributed by atoms with Gasteiger partial charge in [-0.25, -0.2) is 4.68 Å². The van der Waals surface area contributed by atoms with Crippen LogP contribution >= 0.6 is 0 Å². The van der Waals surface area contributed by atoms with Gasteiger partial charge in [-0.3, -0.25) is 9.59 Å². The van der Waals surface area contributed by atoms with E-state index >= 15 is 0 Å². The Bertz CT molecular complexity index is 780. The van der Waals surface area contributed by atoms with Gasteiger partial charge in [0.05, 0.1) is 52.4 Å². The summed E-state index contributed by atoms with van der Waals surface area (Å²) in [6.07, 6.45) is 1.56. The van der Waals surface area contributed by atoms with Crippen molar-refractivity contribution in [2.75, 3.05) is 59.0 Å². The van der Waals surface area contributed by atoms with Gasteiger partial charge in [-0.05, 0) is 24.3 Å². The van der Waals surface area contributed by atoms with Gasteiger partial charge in [0.1, 0.15) is 0 Å². The molecule has 0 aliphatic heterocycles. The third kappa shape index (κ3) is 8.55. The Morgan fingerprint density at radius 2 is 1.60 bits per heavy atom. The third-order valence-corrected chi connectivity index (χ3v) is 3.91. The molecule has 0 bridgehead atoms. The van der Waals surface area contributed by atoms with E-state index in [1.54, 1.807) is 35.1 Å². The first kappa shape index (κ1) is 23.3. The van der Waals surface area contributed by atoms with Crippen molar-refractivity contribution in [2.24, 2.45) is 0 Å². The largest absolute Gasteiger partial charge is 0.399 e. The lowest BCUT2D eigenvalue weighted by molar-refractivity contribution is 0.0133. The lowest BCUT2D eigenvalue weighted by Crippen LogP contribution is -2.27. The number of ether oxygens (including phenoxy) is 3. The molecular weight excluding hydrogens is 392 g/mol. The molecule has 0 aliphatic carbocycles. The van der Waals surface area contributed by atoms with Gasteiger partial charge in [0.2, 0.25) is 0 Å². The lowest BCUT2D eigenvalue weighted by atomic mass is 10.2. The number of nitrogens with two attached hydrogens (primary N) is 1. The van der Waals surface area contributed by atoms with Crippen LogP contribution in [-0.4, -0.2) is 80.0 Å². The Morgan fingerprint density at radius 3 is 2.27 bits per heavy atom. The minimum Gasteiger partial charge on any atom is -0.399 e. The molecule has 0 aliphatic rings. The molecule has 0 atom stereocenters. The molecule has 2 amide bonds. The molecule has 11 heteroatoms. The molecule has 0 radical (unpaired) electrons. The fraction of sp³-hybridized carbons (Fsp3) is 0.474. The molecule has 30 heavy (non-hydrogen) atoms. The zero-order valence-corrected chi connectivity index (χ0v) is 17.0. The number of hydrogen-bond acceptors (Lipinski definition) is 8. The van der Waals surface area contributed by atoms with Gasteiger partial charge < -0.3 is 30.6 Å². The molecule has 11 nitrogen and oxygen atoms in total. The highest BCUT2D eigenvalue weighted by Gasteiger charge is 2.08. The number of nitrogen functional groups attached to an aromatic ring is 1. The van der Waals surface area contributed by atoms with Crippen LogP contribution in [0.3, 0.4) is 0 Å². The molecule has 0 saturated carbocycles. The molecule has 0 fully saturated rings. The van der Waals surface area contributed by atoms with E-state index in [1.165, 1.54) is 7.05 Å². The number of carbonyl (C=O) groups is 2. The predicted octanol–water partition coefficient (Wildman–Crippen LogP) is -0.300. The van der Waals surface area contributed by atoms with Gasteiger partial charge in [0, 0.05) is 24.8 Å². The number of benzene rings is 1. The second-order valence-electron chi connectivity index (χ2n) is 6.16. The Labute approximate surface area is 174 Å². The van der Waals surface area contributed by atoms with Gasteiger partial charge in [-0.15, -0.1) is 5.10 Å². The summed E-state index contributed by atoms with van der Waals surface area (Å²) in [5.41, 5.74) is 7.03. The minimum absolute atomic E-state index is 0.164. The highest BCUT2D eigenvalue weighted by atomic mass is 16.5. The van der Waals surface area contributed by atoms with Gasteiger partial charge in [-0.2, -0.15) is 0 Å². The van der Waals surface area contributed by atoms with E-state index < -0.39 is 0 Å². The topological polar surface area (TPSA) is 143 Å². The first-order chi connectivity index (χ1) is 14.6. The molecule has 1 aromatic carbocycles. The first-order valence-corrected chi connectivity index (χ1v) is 9.59. The highest BCUT2D eigenvalue weighted by molar-refractivity contribution is 5.94. The number of nitrogens with zero attached hydrogens (tertiary/aromatic N) is 3. The van der Waals surface area contributed by atoms with Gasteiger partial charge in [0.25, 0.3) is 11.8 Å². The van der Waals surface area contributed by atoms with Crippen LogP contribution in [-0.2, 0) is 20.8 Å². The number of carbonyl (C=O) groups excluding carboxylic acids is 2. The molecule has 0 saturated heterocycles. The molecular formula is C19H28N6O5. The summed E-state index contributed by atoms with van der Waals surface area (Å²) >= 11 is 0. The summed E-state index contributed by atoms with van der Waals surface area (Å²) in [6.45, 7) is 3.49. The van der Waals surface area contributed by atoms with Crippen molar-refractivity contribution < 1.29 is 23.8 Å². The van der Waals surface area contributed by atoms with E-state index in [0.29, 0.717) is 64.0 Å². The van der Waals surface area contributed by atoms with E-state index in [0.717, 1.165) is 0 Å². The summed E-state index contributed by atoms with van der Waals surface area (Å²) < 4.78 is 17.8. The second-order valence-corrected chi connectivity index (χ2v) is 6.16. The van der Waals surface area contributed by atoms with Crippen LogP contribution in [0.4, 0.5) is 5.69 Å². The maximum absolute atomic E-state index is 11.9. The standard InChI is InChI=1S/C19H28N6O5/c1-21-19(27)17-14-25(24-23-17)7-9-29-11-13-30-12-10-28-8-6-22-18(26)15-2-4-16(20)5-3-15/h2-5,14H,6-13,20H2,1H3,(H,21,27)(H,22,26). The number of aromatic nitrogens is 3.